The summed E-state index contributed by atoms with van der Waals surface area (Å²) in [6.45, 7) is 8.41. The van der Waals surface area contributed by atoms with Crippen molar-refractivity contribution in [2.75, 3.05) is 5.75 Å². The molecule has 0 aromatic rings. The van der Waals surface area contributed by atoms with Crippen molar-refractivity contribution in [1.29, 1.82) is 0 Å². The lowest BCUT2D eigenvalue weighted by Gasteiger charge is -2.12. The van der Waals surface area contributed by atoms with Crippen molar-refractivity contribution in [3.05, 3.63) is 35.3 Å². The van der Waals surface area contributed by atoms with E-state index in [1.807, 2.05) is 11.8 Å². The Morgan fingerprint density at radius 2 is 2.46 bits per heavy atom. The van der Waals surface area contributed by atoms with Crippen LogP contribution < -0.4 is 0 Å². The Labute approximate surface area is 85.8 Å². The molecule has 0 amide bonds. The fourth-order valence-corrected chi connectivity index (χ4v) is 2.07. The van der Waals surface area contributed by atoms with Crippen molar-refractivity contribution in [3.63, 3.8) is 0 Å². The van der Waals surface area contributed by atoms with Crippen LogP contribution >= 0.6 is 11.8 Å². The summed E-state index contributed by atoms with van der Waals surface area (Å²) < 4.78 is 0. The molecule has 0 spiro atoms. The van der Waals surface area contributed by atoms with Crippen LogP contribution in [0.2, 0.25) is 0 Å². The third-order valence-electron chi connectivity index (χ3n) is 2.18. The van der Waals surface area contributed by atoms with Gasteiger partial charge in [0.2, 0.25) is 0 Å². The minimum absolute atomic E-state index is 0.718. The van der Waals surface area contributed by atoms with Gasteiger partial charge in [0, 0.05) is 5.75 Å². The van der Waals surface area contributed by atoms with Gasteiger partial charge in [0.15, 0.2) is 0 Å². The zero-order valence-corrected chi connectivity index (χ0v) is 9.36. The largest absolute Gasteiger partial charge is 0.126 e. The van der Waals surface area contributed by atoms with Crippen LogP contribution in [0.25, 0.3) is 0 Å². The Hall–Kier alpha value is -0.430. The summed E-state index contributed by atoms with van der Waals surface area (Å²) in [7, 11) is 0. The average molecular weight is 194 g/mol. The minimum Gasteiger partial charge on any atom is -0.126 e. The molecule has 72 valence electrons. The van der Waals surface area contributed by atoms with E-state index < -0.39 is 0 Å². The maximum atomic E-state index is 3.99. The standard InChI is InChI=1S/C12H18S/c1-4-11(3)13-9-12-7-5-6-10(2)8-12/h5,7-8,10H,3-4,6,9H2,1-2H3. The second-order valence-electron chi connectivity index (χ2n) is 3.54. The molecule has 0 nitrogen and oxygen atoms in total. The van der Waals surface area contributed by atoms with Crippen molar-refractivity contribution in [2.24, 2.45) is 5.92 Å². The van der Waals surface area contributed by atoms with E-state index in [1.54, 1.807) is 0 Å². The molecule has 1 heteroatoms. The summed E-state index contributed by atoms with van der Waals surface area (Å²) in [6.07, 6.45) is 9.17. The first-order valence-electron chi connectivity index (χ1n) is 4.90. The summed E-state index contributed by atoms with van der Waals surface area (Å²) >= 11 is 1.87. The number of rotatable bonds is 4. The molecule has 0 bridgehead atoms. The van der Waals surface area contributed by atoms with Gasteiger partial charge in [-0.3, -0.25) is 0 Å². The highest BCUT2D eigenvalue weighted by Gasteiger charge is 2.04. The van der Waals surface area contributed by atoms with Crippen LogP contribution in [-0.2, 0) is 0 Å². The van der Waals surface area contributed by atoms with Gasteiger partial charge in [-0.25, -0.2) is 0 Å². The van der Waals surface area contributed by atoms with Crippen molar-refractivity contribution in [1.82, 2.24) is 0 Å². The number of hydrogen-bond donors (Lipinski definition) is 0. The highest BCUT2D eigenvalue weighted by atomic mass is 32.2. The van der Waals surface area contributed by atoms with Gasteiger partial charge < -0.3 is 0 Å². The zero-order valence-electron chi connectivity index (χ0n) is 8.55. The van der Waals surface area contributed by atoms with Crippen molar-refractivity contribution < 1.29 is 0 Å². The van der Waals surface area contributed by atoms with Crippen molar-refractivity contribution in [3.8, 4) is 0 Å². The highest BCUT2D eigenvalue weighted by molar-refractivity contribution is 8.03. The molecule has 13 heavy (non-hydrogen) atoms. The summed E-state index contributed by atoms with van der Waals surface area (Å²) in [5, 5.41) is 0. The molecule has 0 saturated heterocycles. The molecule has 0 saturated carbocycles. The van der Waals surface area contributed by atoms with E-state index in [-0.39, 0.29) is 0 Å². The molecule has 1 rings (SSSR count). The van der Waals surface area contributed by atoms with Gasteiger partial charge in [0.25, 0.3) is 0 Å². The highest BCUT2D eigenvalue weighted by Crippen LogP contribution is 2.23. The molecule has 1 aliphatic carbocycles. The fraction of sp³-hybridized carbons (Fsp3) is 0.500. The minimum atomic E-state index is 0.718. The van der Waals surface area contributed by atoms with Gasteiger partial charge in [0.1, 0.15) is 0 Å². The Bertz CT molecular complexity index is 236. The van der Waals surface area contributed by atoms with Gasteiger partial charge in [-0.1, -0.05) is 38.7 Å². The van der Waals surface area contributed by atoms with Crippen LogP contribution in [0.5, 0.6) is 0 Å². The fourth-order valence-electron chi connectivity index (χ4n) is 1.31. The lowest BCUT2D eigenvalue weighted by atomic mass is 9.99. The summed E-state index contributed by atoms with van der Waals surface area (Å²) in [5.41, 5.74) is 1.46. The van der Waals surface area contributed by atoms with Gasteiger partial charge in [-0.15, -0.1) is 11.8 Å². The van der Waals surface area contributed by atoms with E-state index in [2.05, 4.69) is 38.7 Å². The van der Waals surface area contributed by atoms with E-state index in [4.69, 9.17) is 0 Å². The predicted octanol–water partition coefficient (Wildman–Crippen LogP) is 4.17. The Morgan fingerprint density at radius 1 is 1.69 bits per heavy atom. The number of thioether (sulfide) groups is 1. The predicted molar refractivity (Wildman–Crippen MR) is 62.9 cm³/mol. The summed E-state index contributed by atoms with van der Waals surface area (Å²) in [5.74, 6) is 1.81. The molecule has 0 aromatic carbocycles. The van der Waals surface area contributed by atoms with E-state index in [9.17, 15) is 0 Å². The molecule has 0 fully saturated rings. The van der Waals surface area contributed by atoms with Gasteiger partial charge in [-0.05, 0) is 29.2 Å². The molecule has 0 aromatic heterocycles. The Kier molecular flexibility index (Phi) is 4.37. The number of allylic oxidation sites excluding steroid dienone is 4. The Morgan fingerprint density at radius 3 is 3.08 bits per heavy atom. The van der Waals surface area contributed by atoms with Crippen LogP contribution in [-0.4, -0.2) is 5.75 Å². The monoisotopic (exact) mass is 194 g/mol. The van der Waals surface area contributed by atoms with E-state index in [1.165, 1.54) is 16.9 Å². The molecule has 1 atom stereocenters. The second-order valence-corrected chi connectivity index (χ2v) is 4.69. The zero-order chi connectivity index (χ0) is 9.68. The summed E-state index contributed by atoms with van der Waals surface area (Å²) in [6, 6.07) is 0. The molecule has 0 aliphatic heterocycles. The molecule has 1 unspecified atom stereocenters. The lowest BCUT2D eigenvalue weighted by molar-refractivity contribution is 0.730. The smallest absolute Gasteiger partial charge is 0.0225 e. The van der Waals surface area contributed by atoms with E-state index >= 15 is 0 Å². The quantitative estimate of drug-likeness (QED) is 0.647. The van der Waals surface area contributed by atoms with Crippen LogP contribution in [0.3, 0.4) is 0 Å². The van der Waals surface area contributed by atoms with Crippen LogP contribution in [0.4, 0.5) is 0 Å². The third kappa shape index (κ3) is 3.86. The first-order valence-corrected chi connectivity index (χ1v) is 5.88. The normalized spacial score (nSPS) is 21.4. The lowest BCUT2D eigenvalue weighted by Crippen LogP contribution is -1.96. The first kappa shape index (κ1) is 10.6. The molecular formula is C12H18S. The van der Waals surface area contributed by atoms with Crippen LogP contribution in [0.15, 0.2) is 35.3 Å². The van der Waals surface area contributed by atoms with Crippen molar-refractivity contribution >= 4 is 11.8 Å². The maximum absolute atomic E-state index is 3.99. The topological polar surface area (TPSA) is 0 Å². The average Bonchev–Trinajstić information content (AvgIpc) is 2.14. The SMILES string of the molecule is C=C(CC)SCC1=CC(C)CC=C1. The van der Waals surface area contributed by atoms with Gasteiger partial charge >= 0.3 is 0 Å². The second kappa shape index (κ2) is 5.33. The van der Waals surface area contributed by atoms with Gasteiger partial charge in [0.05, 0.1) is 0 Å². The molecule has 0 heterocycles. The molecule has 1 aliphatic rings. The van der Waals surface area contributed by atoms with E-state index in [0.29, 0.717) is 0 Å². The van der Waals surface area contributed by atoms with Gasteiger partial charge in [-0.2, -0.15) is 0 Å². The van der Waals surface area contributed by atoms with Crippen LogP contribution in [0.1, 0.15) is 26.7 Å². The Balaban J connectivity index is 2.36. The molecular weight excluding hydrogens is 176 g/mol. The molecule has 0 N–H and O–H groups in total. The molecule has 0 radical (unpaired) electrons. The maximum Gasteiger partial charge on any atom is 0.0225 e. The summed E-state index contributed by atoms with van der Waals surface area (Å²) in [4.78, 5) is 1.28. The number of hydrogen-bond acceptors (Lipinski definition) is 1. The first-order chi connectivity index (χ1) is 6.22. The third-order valence-corrected chi connectivity index (χ3v) is 3.35. The van der Waals surface area contributed by atoms with E-state index in [0.717, 1.165) is 18.1 Å². The van der Waals surface area contributed by atoms with Crippen LogP contribution in [0, 0.1) is 5.92 Å². The van der Waals surface area contributed by atoms with Crippen molar-refractivity contribution in [2.45, 2.75) is 26.7 Å².